The summed E-state index contributed by atoms with van der Waals surface area (Å²) in [5.74, 6) is 1.31. The van der Waals surface area contributed by atoms with E-state index in [1.807, 2.05) is 14.0 Å². The smallest absolute Gasteiger partial charge is 0.222 e. The van der Waals surface area contributed by atoms with Crippen molar-refractivity contribution in [1.82, 2.24) is 19.7 Å². The Kier molecular flexibility index (Phi) is 2.66. The molecule has 0 aliphatic rings. The van der Waals surface area contributed by atoms with Crippen molar-refractivity contribution in [3.8, 4) is 17.3 Å². The van der Waals surface area contributed by atoms with Gasteiger partial charge in [-0.2, -0.15) is 5.10 Å². The number of hydrogen-bond acceptors (Lipinski definition) is 4. The maximum atomic E-state index is 8.98. The molecule has 86 valence electrons. The molecule has 16 heavy (non-hydrogen) atoms. The zero-order valence-corrected chi connectivity index (χ0v) is 9.48. The van der Waals surface area contributed by atoms with Gasteiger partial charge in [-0.1, -0.05) is 0 Å². The molecule has 2 rings (SSSR count). The van der Waals surface area contributed by atoms with E-state index in [1.165, 1.54) is 0 Å². The number of imidazole rings is 1. The third-order valence-electron chi connectivity index (χ3n) is 2.40. The van der Waals surface area contributed by atoms with Gasteiger partial charge in [0, 0.05) is 7.05 Å². The molecule has 6 heteroatoms. The number of aromatic nitrogens is 4. The van der Waals surface area contributed by atoms with Crippen LogP contribution < -0.4 is 4.74 Å². The fourth-order valence-electron chi connectivity index (χ4n) is 1.71. The molecule has 2 aromatic heterocycles. The van der Waals surface area contributed by atoms with Gasteiger partial charge in [-0.15, -0.1) is 0 Å². The van der Waals surface area contributed by atoms with Gasteiger partial charge in [0.05, 0.1) is 31.3 Å². The van der Waals surface area contributed by atoms with Crippen LogP contribution in [-0.4, -0.2) is 32.0 Å². The summed E-state index contributed by atoms with van der Waals surface area (Å²) in [6.45, 7) is 1.83. The Bertz CT molecular complexity index is 501. The van der Waals surface area contributed by atoms with E-state index < -0.39 is 0 Å². The number of aromatic amines is 1. The highest BCUT2D eigenvalue weighted by atomic mass is 16.5. The highest BCUT2D eigenvalue weighted by molar-refractivity contribution is 5.65. The number of aliphatic hydroxyl groups is 1. The first-order valence-electron chi connectivity index (χ1n) is 4.90. The lowest BCUT2D eigenvalue weighted by Gasteiger charge is -2.01. The molecule has 0 atom stereocenters. The van der Waals surface area contributed by atoms with E-state index in [2.05, 4.69) is 15.1 Å². The first-order chi connectivity index (χ1) is 7.67. The van der Waals surface area contributed by atoms with Crippen LogP contribution in [0.5, 0.6) is 5.88 Å². The number of aryl methyl sites for hydroxylation is 2. The quantitative estimate of drug-likeness (QED) is 0.798. The Morgan fingerprint density at radius 2 is 2.31 bits per heavy atom. The van der Waals surface area contributed by atoms with Crippen LogP contribution in [0.4, 0.5) is 0 Å². The van der Waals surface area contributed by atoms with Gasteiger partial charge in [-0.05, 0) is 6.92 Å². The molecule has 0 aromatic carbocycles. The van der Waals surface area contributed by atoms with Gasteiger partial charge in [0.1, 0.15) is 11.4 Å². The van der Waals surface area contributed by atoms with Crippen molar-refractivity contribution in [2.45, 2.75) is 13.5 Å². The Morgan fingerprint density at radius 1 is 1.56 bits per heavy atom. The summed E-state index contributed by atoms with van der Waals surface area (Å²) < 4.78 is 6.93. The summed E-state index contributed by atoms with van der Waals surface area (Å²) in [7, 11) is 3.40. The Balaban J connectivity index is 2.54. The number of ether oxygens (including phenoxy) is 1. The minimum absolute atomic E-state index is 0.0609. The molecule has 0 saturated heterocycles. The summed E-state index contributed by atoms with van der Waals surface area (Å²) in [5, 5.41) is 13.2. The minimum atomic E-state index is -0.0609. The fraction of sp³-hybridized carbons (Fsp3) is 0.400. The van der Waals surface area contributed by atoms with Crippen LogP contribution in [0.15, 0.2) is 6.20 Å². The molecule has 0 aliphatic carbocycles. The van der Waals surface area contributed by atoms with Crippen LogP contribution in [0.1, 0.15) is 11.4 Å². The summed E-state index contributed by atoms with van der Waals surface area (Å²) in [6.07, 6.45) is 1.60. The third-order valence-corrected chi connectivity index (χ3v) is 2.40. The molecule has 0 amide bonds. The second-order valence-corrected chi connectivity index (χ2v) is 3.51. The van der Waals surface area contributed by atoms with E-state index in [9.17, 15) is 0 Å². The van der Waals surface area contributed by atoms with Crippen molar-refractivity contribution in [2.75, 3.05) is 7.11 Å². The predicted molar refractivity (Wildman–Crippen MR) is 58.0 cm³/mol. The average molecular weight is 222 g/mol. The molecule has 0 saturated carbocycles. The topological polar surface area (TPSA) is 76.0 Å². The van der Waals surface area contributed by atoms with E-state index in [0.29, 0.717) is 17.4 Å². The lowest BCUT2D eigenvalue weighted by atomic mass is 10.2. The number of methoxy groups -OCH3 is 1. The first-order valence-corrected chi connectivity index (χ1v) is 4.90. The van der Waals surface area contributed by atoms with Gasteiger partial charge < -0.3 is 14.8 Å². The zero-order chi connectivity index (χ0) is 11.7. The number of aliphatic hydroxyl groups excluding tert-OH is 1. The van der Waals surface area contributed by atoms with E-state index in [1.54, 1.807) is 18.0 Å². The number of hydrogen-bond donors (Lipinski definition) is 2. The molecular formula is C10H14N4O2. The van der Waals surface area contributed by atoms with Gasteiger partial charge >= 0.3 is 0 Å². The zero-order valence-electron chi connectivity index (χ0n) is 9.48. The normalized spacial score (nSPS) is 10.8. The largest absolute Gasteiger partial charge is 0.481 e. The SMILES string of the molecule is COc1c(-c2ncc(CO)[nH]2)c(C)nn1C. The van der Waals surface area contributed by atoms with Crippen LogP contribution in [0, 0.1) is 6.92 Å². The summed E-state index contributed by atoms with van der Waals surface area (Å²) in [4.78, 5) is 7.20. The van der Waals surface area contributed by atoms with Crippen molar-refractivity contribution < 1.29 is 9.84 Å². The molecule has 6 nitrogen and oxygen atoms in total. The first kappa shape index (κ1) is 10.7. The van der Waals surface area contributed by atoms with Crippen LogP contribution in [-0.2, 0) is 13.7 Å². The molecule has 0 bridgehead atoms. The second-order valence-electron chi connectivity index (χ2n) is 3.51. The number of nitrogens with zero attached hydrogens (tertiary/aromatic N) is 3. The Morgan fingerprint density at radius 3 is 2.88 bits per heavy atom. The van der Waals surface area contributed by atoms with Crippen molar-refractivity contribution in [3.63, 3.8) is 0 Å². The van der Waals surface area contributed by atoms with Gasteiger partial charge in [0.2, 0.25) is 5.88 Å². The Labute approximate surface area is 92.9 Å². The molecule has 2 heterocycles. The molecule has 0 unspecified atom stereocenters. The lowest BCUT2D eigenvalue weighted by Crippen LogP contribution is -1.96. The molecule has 0 aliphatic heterocycles. The molecule has 0 radical (unpaired) electrons. The highest BCUT2D eigenvalue weighted by Gasteiger charge is 2.18. The van der Waals surface area contributed by atoms with Crippen LogP contribution in [0.2, 0.25) is 0 Å². The van der Waals surface area contributed by atoms with Crippen LogP contribution in [0.3, 0.4) is 0 Å². The molecule has 0 spiro atoms. The number of H-pyrrole nitrogens is 1. The monoisotopic (exact) mass is 222 g/mol. The third kappa shape index (κ3) is 1.57. The summed E-state index contributed by atoms with van der Waals surface area (Å²) >= 11 is 0. The highest BCUT2D eigenvalue weighted by Crippen LogP contribution is 2.30. The Hall–Kier alpha value is -1.82. The number of rotatable bonds is 3. The van der Waals surface area contributed by atoms with Gasteiger partial charge in [0.15, 0.2) is 0 Å². The van der Waals surface area contributed by atoms with Crippen LogP contribution >= 0.6 is 0 Å². The molecule has 0 fully saturated rings. The van der Waals surface area contributed by atoms with E-state index in [4.69, 9.17) is 9.84 Å². The fourth-order valence-corrected chi connectivity index (χ4v) is 1.71. The number of nitrogens with one attached hydrogen (secondary N) is 1. The molecule has 2 aromatic rings. The summed E-state index contributed by atoms with van der Waals surface area (Å²) in [6, 6.07) is 0. The maximum Gasteiger partial charge on any atom is 0.222 e. The van der Waals surface area contributed by atoms with Crippen molar-refractivity contribution >= 4 is 0 Å². The summed E-state index contributed by atoms with van der Waals surface area (Å²) in [5.41, 5.74) is 2.32. The van der Waals surface area contributed by atoms with Gasteiger partial charge in [-0.25, -0.2) is 9.67 Å². The minimum Gasteiger partial charge on any atom is -0.481 e. The molecule has 2 N–H and O–H groups in total. The predicted octanol–water partition coefficient (Wildman–Crippen LogP) is 0.620. The van der Waals surface area contributed by atoms with Gasteiger partial charge in [-0.3, -0.25) is 0 Å². The standard InChI is InChI=1S/C10H14N4O2/c1-6-8(10(16-3)14(2)13-6)9-11-4-7(5-15)12-9/h4,15H,5H2,1-3H3,(H,11,12). The second kappa shape index (κ2) is 3.97. The van der Waals surface area contributed by atoms with Crippen molar-refractivity contribution in [3.05, 3.63) is 17.6 Å². The van der Waals surface area contributed by atoms with E-state index >= 15 is 0 Å². The molecular weight excluding hydrogens is 208 g/mol. The maximum absolute atomic E-state index is 8.98. The van der Waals surface area contributed by atoms with Crippen molar-refractivity contribution in [2.24, 2.45) is 7.05 Å². The van der Waals surface area contributed by atoms with E-state index in [0.717, 1.165) is 11.3 Å². The van der Waals surface area contributed by atoms with E-state index in [-0.39, 0.29) is 6.61 Å². The van der Waals surface area contributed by atoms with Gasteiger partial charge in [0.25, 0.3) is 0 Å². The van der Waals surface area contributed by atoms with Crippen molar-refractivity contribution in [1.29, 1.82) is 0 Å². The average Bonchev–Trinajstić information content (AvgIpc) is 2.82. The van der Waals surface area contributed by atoms with Crippen LogP contribution in [0.25, 0.3) is 11.4 Å². The lowest BCUT2D eigenvalue weighted by molar-refractivity contribution is 0.277.